The Labute approximate surface area is 115 Å². The Morgan fingerprint density at radius 3 is 2.61 bits per heavy atom. The third-order valence-corrected chi connectivity index (χ3v) is 4.34. The van der Waals surface area contributed by atoms with E-state index in [1.165, 1.54) is 4.88 Å². The van der Waals surface area contributed by atoms with Crippen molar-refractivity contribution in [1.82, 2.24) is 4.90 Å². The molecule has 0 saturated heterocycles. The SMILES string of the molecule is CCC(C)N(CCOC)C(c1cccs1)C(C)N. The van der Waals surface area contributed by atoms with Crippen LogP contribution in [0.5, 0.6) is 0 Å². The second kappa shape index (κ2) is 7.89. The van der Waals surface area contributed by atoms with Crippen LogP contribution in [0.25, 0.3) is 0 Å². The van der Waals surface area contributed by atoms with Crippen LogP contribution in [0, 0.1) is 0 Å². The quantitative estimate of drug-likeness (QED) is 0.789. The van der Waals surface area contributed by atoms with Crippen LogP contribution in [0.4, 0.5) is 0 Å². The lowest BCUT2D eigenvalue weighted by atomic mass is 10.0. The monoisotopic (exact) mass is 270 g/mol. The van der Waals surface area contributed by atoms with Crippen molar-refractivity contribution in [3.8, 4) is 0 Å². The van der Waals surface area contributed by atoms with Crippen molar-refractivity contribution in [1.29, 1.82) is 0 Å². The van der Waals surface area contributed by atoms with Crippen LogP contribution >= 0.6 is 11.3 Å². The minimum Gasteiger partial charge on any atom is -0.383 e. The smallest absolute Gasteiger partial charge is 0.0593 e. The molecular formula is C14H26N2OS. The van der Waals surface area contributed by atoms with E-state index in [1.807, 2.05) is 0 Å². The number of rotatable bonds is 8. The third-order valence-electron chi connectivity index (χ3n) is 3.40. The van der Waals surface area contributed by atoms with Crippen molar-refractivity contribution < 1.29 is 4.74 Å². The summed E-state index contributed by atoms with van der Waals surface area (Å²) < 4.78 is 5.24. The first-order valence-electron chi connectivity index (χ1n) is 6.65. The van der Waals surface area contributed by atoms with Gasteiger partial charge in [0.05, 0.1) is 12.6 Å². The van der Waals surface area contributed by atoms with Crippen LogP contribution in [0.15, 0.2) is 17.5 Å². The van der Waals surface area contributed by atoms with Gasteiger partial charge in [0.1, 0.15) is 0 Å². The largest absolute Gasteiger partial charge is 0.383 e. The van der Waals surface area contributed by atoms with Crippen LogP contribution in [-0.2, 0) is 4.74 Å². The standard InChI is InChI=1S/C14H26N2OS/c1-5-11(2)16(8-9-17-4)14(12(3)15)13-7-6-10-18-13/h6-7,10-12,14H,5,8-9,15H2,1-4H3. The summed E-state index contributed by atoms with van der Waals surface area (Å²) in [5.41, 5.74) is 6.22. The van der Waals surface area contributed by atoms with Crippen molar-refractivity contribution in [3.63, 3.8) is 0 Å². The number of ether oxygens (including phenoxy) is 1. The van der Waals surface area contributed by atoms with E-state index >= 15 is 0 Å². The van der Waals surface area contributed by atoms with Crippen molar-refractivity contribution in [2.75, 3.05) is 20.3 Å². The number of nitrogens with zero attached hydrogens (tertiary/aromatic N) is 1. The maximum Gasteiger partial charge on any atom is 0.0593 e. The molecule has 0 spiro atoms. The Kier molecular flexibility index (Phi) is 6.86. The van der Waals surface area contributed by atoms with Crippen LogP contribution in [0.2, 0.25) is 0 Å². The van der Waals surface area contributed by atoms with E-state index in [2.05, 4.69) is 43.2 Å². The van der Waals surface area contributed by atoms with Gasteiger partial charge >= 0.3 is 0 Å². The Morgan fingerprint density at radius 1 is 1.44 bits per heavy atom. The zero-order chi connectivity index (χ0) is 13.5. The molecule has 2 N–H and O–H groups in total. The first-order chi connectivity index (χ1) is 8.61. The highest BCUT2D eigenvalue weighted by Gasteiger charge is 2.27. The molecule has 4 heteroatoms. The predicted octanol–water partition coefficient (Wildman–Crippen LogP) is 2.88. The second-order valence-corrected chi connectivity index (χ2v) is 5.79. The van der Waals surface area contributed by atoms with Gasteiger partial charge in [-0.05, 0) is 31.7 Å². The number of hydrogen-bond acceptors (Lipinski definition) is 4. The van der Waals surface area contributed by atoms with Gasteiger partial charge in [-0.15, -0.1) is 11.3 Å². The maximum absolute atomic E-state index is 6.22. The highest BCUT2D eigenvalue weighted by molar-refractivity contribution is 7.10. The average Bonchev–Trinajstić information content (AvgIpc) is 2.86. The molecule has 3 atom stereocenters. The summed E-state index contributed by atoms with van der Waals surface area (Å²) >= 11 is 1.79. The van der Waals surface area contributed by atoms with Gasteiger partial charge in [0.15, 0.2) is 0 Å². The molecule has 1 rings (SSSR count). The molecule has 0 fully saturated rings. The van der Waals surface area contributed by atoms with Crippen molar-refractivity contribution in [2.45, 2.75) is 45.3 Å². The zero-order valence-corrected chi connectivity index (χ0v) is 12.7. The van der Waals surface area contributed by atoms with Gasteiger partial charge in [0, 0.05) is 30.6 Å². The molecule has 104 valence electrons. The number of hydrogen-bond donors (Lipinski definition) is 1. The van der Waals surface area contributed by atoms with E-state index < -0.39 is 0 Å². The van der Waals surface area contributed by atoms with Gasteiger partial charge in [0.25, 0.3) is 0 Å². The molecule has 0 aliphatic carbocycles. The van der Waals surface area contributed by atoms with E-state index in [-0.39, 0.29) is 12.1 Å². The molecule has 3 unspecified atom stereocenters. The van der Waals surface area contributed by atoms with Crippen molar-refractivity contribution in [3.05, 3.63) is 22.4 Å². The van der Waals surface area contributed by atoms with Crippen molar-refractivity contribution in [2.24, 2.45) is 5.73 Å². The molecule has 0 saturated carbocycles. The molecule has 0 bridgehead atoms. The minimum atomic E-state index is 0.120. The van der Waals surface area contributed by atoms with E-state index in [1.54, 1.807) is 18.4 Å². The molecule has 0 aliphatic rings. The lowest BCUT2D eigenvalue weighted by molar-refractivity contribution is 0.0801. The summed E-state index contributed by atoms with van der Waals surface area (Å²) in [6.45, 7) is 8.25. The molecule has 3 nitrogen and oxygen atoms in total. The summed E-state index contributed by atoms with van der Waals surface area (Å²) in [6, 6.07) is 5.20. The Bertz CT molecular complexity index is 314. The van der Waals surface area contributed by atoms with Crippen LogP contribution in [0.1, 0.15) is 38.1 Å². The number of methoxy groups -OCH3 is 1. The fourth-order valence-electron chi connectivity index (χ4n) is 2.25. The molecule has 18 heavy (non-hydrogen) atoms. The molecule has 0 aromatic carbocycles. The van der Waals surface area contributed by atoms with E-state index in [0.717, 1.165) is 19.6 Å². The van der Waals surface area contributed by atoms with Crippen LogP contribution in [0.3, 0.4) is 0 Å². The molecule has 0 amide bonds. The summed E-state index contributed by atoms with van der Waals surface area (Å²) in [7, 11) is 1.75. The third kappa shape index (κ3) is 4.05. The second-order valence-electron chi connectivity index (χ2n) is 4.81. The first-order valence-corrected chi connectivity index (χ1v) is 7.53. The van der Waals surface area contributed by atoms with Gasteiger partial charge in [-0.1, -0.05) is 13.0 Å². The van der Waals surface area contributed by atoms with Gasteiger partial charge < -0.3 is 10.5 Å². The first kappa shape index (κ1) is 15.6. The summed E-state index contributed by atoms with van der Waals surface area (Å²) in [5.74, 6) is 0. The highest BCUT2D eigenvalue weighted by atomic mass is 32.1. The van der Waals surface area contributed by atoms with E-state index in [4.69, 9.17) is 10.5 Å². The molecule has 0 radical (unpaired) electrons. The summed E-state index contributed by atoms with van der Waals surface area (Å²) in [6.07, 6.45) is 1.12. The Hall–Kier alpha value is -0.420. The van der Waals surface area contributed by atoms with Gasteiger partial charge in [-0.3, -0.25) is 4.90 Å². The average molecular weight is 270 g/mol. The highest BCUT2D eigenvalue weighted by Crippen LogP contribution is 2.29. The van der Waals surface area contributed by atoms with Crippen LogP contribution in [-0.4, -0.2) is 37.2 Å². The number of thiophene rings is 1. The summed E-state index contributed by atoms with van der Waals surface area (Å²) in [5, 5.41) is 2.12. The van der Waals surface area contributed by atoms with Crippen LogP contribution < -0.4 is 5.73 Å². The molecule has 0 aliphatic heterocycles. The normalized spacial score (nSPS) is 16.8. The summed E-state index contributed by atoms with van der Waals surface area (Å²) in [4.78, 5) is 3.82. The van der Waals surface area contributed by atoms with Gasteiger partial charge in [-0.25, -0.2) is 0 Å². The fraction of sp³-hybridized carbons (Fsp3) is 0.714. The molecule has 1 heterocycles. The zero-order valence-electron chi connectivity index (χ0n) is 11.9. The topological polar surface area (TPSA) is 38.5 Å². The molecule has 1 aromatic rings. The number of nitrogens with two attached hydrogens (primary N) is 1. The lowest BCUT2D eigenvalue weighted by Gasteiger charge is -2.37. The van der Waals surface area contributed by atoms with Gasteiger partial charge in [-0.2, -0.15) is 0 Å². The lowest BCUT2D eigenvalue weighted by Crippen LogP contribution is -2.45. The Balaban J connectivity index is 2.90. The van der Waals surface area contributed by atoms with Gasteiger partial charge in [0.2, 0.25) is 0 Å². The van der Waals surface area contributed by atoms with Crippen molar-refractivity contribution >= 4 is 11.3 Å². The maximum atomic E-state index is 6.22. The fourth-order valence-corrected chi connectivity index (χ4v) is 3.21. The Morgan fingerprint density at radius 2 is 2.17 bits per heavy atom. The van der Waals surface area contributed by atoms with E-state index in [0.29, 0.717) is 6.04 Å². The van der Waals surface area contributed by atoms with E-state index in [9.17, 15) is 0 Å². The predicted molar refractivity (Wildman–Crippen MR) is 79.0 cm³/mol. The minimum absolute atomic E-state index is 0.120. The molecule has 1 aromatic heterocycles. The molecular weight excluding hydrogens is 244 g/mol.